The van der Waals surface area contributed by atoms with Crippen molar-refractivity contribution in [2.75, 3.05) is 55.3 Å². The van der Waals surface area contributed by atoms with E-state index in [1.165, 1.54) is 11.3 Å². The number of rotatable bonds is 9. The number of aliphatic hydroxyl groups excluding tert-OH is 1. The van der Waals surface area contributed by atoms with Crippen molar-refractivity contribution in [1.82, 2.24) is 25.0 Å². The molecule has 198 valence electrons. The Bertz CT molecular complexity index is 1550. The normalized spacial score (nSPS) is 14.4. The van der Waals surface area contributed by atoms with Crippen LogP contribution in [0.3, 0.4) is 0 Å². The summed E-state index contributed by atoms with van der Waals surface area (Å²) in [4.78, 5) is 15.3. The van der Waals surface area contributed by atoms with Crippen molar-refractivity contribution in [3.8, 4) is 0 Å². The minimum Gasteiger partial charge on any atom is -0.395 e. The number of hydrogen-bond donors (Lipinski definition) is 5. The molecule has 38 heavy (non-hydrogen) atoms. The fourth-order valence-corrected chi connectivity index (χ4v) is 6.11. The minimum absolute atomic E-state index is 0.0492. The zero-order valence-electron chi connectivity index (χ0n) is 20.5. The molecule has 0 aliphatic carbocycles. The van der Waals surface area contributed by atoms with Crippen LogP contribution in [0.25, 0.3) is 22.4 Å². The summed E-state index contributed by atoms with van der Waals surface area (Å²) in [5, 5.41) is 16.1. The number of fused-ring (bicyclic) bond motifs is 1. The first-order chi connectivity index (χ1) is 18.4. The van der Waals surface area contributed by atoms with Crippen molar-refractivity contribution < 1.29 is 13.5 Å². The molecule has 1 fully saturated rings. The Hall–Kier alpha value is -3.62. The van der Waals surface area contributed by atoms with Crippen LogP contribution in [0.5, 0.6) is 0 Å². The Labute approximate surface area is 224 Å². The largest absolute Gasteiger partial charge is 0.395 e. The summed E-state index contributed by atoms with van der Waals surface area (Å²) in [6, 6.07) is 11.0. The number of benzene rings is 2. The molecular formula is C25H28N8O3S2. The molecule has 2 aromatic carbocycles. The monoisotopic (exact) mass is 552 g/mol. The maximum atomic E-state index is 12.9. The number of nitrogens with zero attached hydrogens (tertiary/aromatic N) is 4. The zero-order chi connectivity index (χ0) is 26.5. The fourth-order valence-electron chi connectivity index (χ4n) is 4.11. The highest BCUT2D eigenvalue weighted by atomic mass is 32.2. The van der Waals surface area contributed by atoms with Crippen molar-refractivity contribution in [3.05, 3.63) is 59.9 Å². The Kier molecular flexibility index (Phi) is 7.81. The second-order valence-corrected chi connectivity index (χ2v) is 11.4. The van der Waals surface area contributed by atoms with E-state index < -0.39 is 10.0 Å². The summed E-state index contributed by atoms with van der Waals surface area (Å²) in [6.45, 7) is 2.53. The Morgan fingerprint density at radius 3 is 2.61 bits per heavy atom. The van der Waals surface area contributed by atoms with E-state index in [9.17, 15) is 8.42 Å². The number of sulfonamides is 1. The van der Waals surface area contributed by atoms with E-state index in [-0.39, 0.29) is 18.0 Å². The average Bonchev–Trinajstić information content (AvgIpc) is 3.31. The Morgan fingerprint density at radius 1 is 1.08 bits per heavy atom. The molecule has 6 N–H and O–H groups in total. The SMILES string of the molecule is Nc1nc2ccc(/C=C/c3cnc(Nc4ccc(S(=O)(=O)NCCO)c(N5CCNCC5)c4)nc3)cc2s1. The molecule has 0 bridgehead atoms. The number of nitrogen functional groups attached to an aromatic ring is 1. The number of aliphatic hydroxyl groups is 1. The summed E-state index contributed by atoms with van der Waals surface area (Å²) in [5.41, 5.74) is 9.78. The minimum atomic E-state index is -3.79. The number of hydrogen-bond acceptors (Lipinski definition) is 11. The quantitative estimate of drug-likeness (QED) is 0.208. The van der Waals surface area contributed by atoms with Crippen LogP contribution in [-0.4, -0.2) is 67.8 Å². The van der Waals surface area contributed by atoms with Gasteiger partial charge in [0, 0.05) is 56.4 Å². The molecular weight excluding hydrogens is 524 g/mol. The first-order valence-corrected chi connectivity index (χ1v) is 14.3. The highest BCUT2D eigenvalue weighted by molar-refractivity contribution is 7.89. The number of anilines is 4. The highest BCUT2D eigenvalue weighted by Crippen LogP contribution is 2.30. The zero-order valence-corrected chi connectivity index (χ0v) is 22.1. The van der Waals surface area contributed by atoms with Gasteiger partial charge in [-0.3, -0.25) is 0 Å². The van der Waals surface area contributed by atoms with Crippen LogP contribution in [0.15, 0.2) is 53.7 Å². The highest BCUT2D eigenvalue weighted by Gasteiger charge is 2.23. The van der Waals surface area contributed by atoms with E-state index >= 15 is 0 Å². The molecule has 0 atom stereocenters. The number of nitrogens with one attached hydrogen (secondary N) is 3. The van der Waals surface area contributed by atoms with Gasteiger partial charge >= 0.3 is 0 Å². The van der Waals surface area contributed by atoms with Crippen molar-refractivity contribution in [1.29, 1.82) is 0 Å². The molecule has 13 heteroatoms. The lowest BCUT2D eigenvalue weighted by Gasteiger charge is -2.31. The lowest BCUT2D eigenvalue weighted by atomic mass is 10.2. The predicted molar refractivity (Wildman–Crippen MR) is 152 cm³/mol. The van der Waals surface area contributed by atoms with Gasteiger partial charge in [-0.2, -0.15) is 0 Å². The van der Waals surface area contributed by atoms with Gasteiger partial charge in [0.25, 0.3) is 0 Å². The van der Waals surface area contributed by atoms with Crippen LogP contribution in [0, 0.1) is 0 Å². The smallest absolute Gasteiger partial charge is 0.242 e. The van der Waals surface area contributed by atoms with Gasteiger partial charge in [-0.25, -0.2) is 28.1 Å². The number of piperazine rings is 1. The first kappa shape index (κ1) is 26.0. The molecule has 0 saturated carbocycles. The standard InChI is InChI=1S/C25H28N8O3S2/c26-24-32-20-5-3-17(13-22(20)37-24)1-2-18-15-28-25(29-16-18)31-19-4-6-23(38(35,36)30-9-12-34)21(14-19)33-10-7-27-8-11-33/h1-6,13-16,27,30,34H,7-12H2,(H2,26,32)(H,28,29,31)/b2-1+. The number of aromatic nitrogens is 3. The summed E-state index contributed by atoms with van der Waals surface area (Å²) in [7, 11) is -3.79. The van der Waals surface area contributed by atoms with Crippen LogP contribution in [0.1, 0.15) is 11.1 Å². The maximum absolute atomic E-state index is 12.9. The predicted octanol–water partition coefficient (Wildman–Crippen LogP) is 2.26. The molecule has 11 nitrogen and oxygen atoms in total. The lowest BCUT2D eigenvalue weighted by Crippen LogP contribution is -2.44. The van der Waals surface area contributed by atoms with E-state index in [2.05, 4.69) is 30.3 Å². The van der Waals surface area contributed by atoms with Crippen LogP contribution in [-0.2, 0) is 10.0 Å². The van der Waals surface area contributed by atoms with Gasteiger partial charge in [0.1, 0.15) is 4.90 Å². The van der Waals surface area contributed by atoms with E-state index in [0.717, 1.165) is 34.4 Å². The molecule has 4 aromatic rings. The van der Waals surface area contributed by atoms with Gasteiger partial charge in [0.15, 0.2) is 5.13 Å². The average molecular weight is 553 g/mol. The molecule has 2 aromatic heterocycles. The summed E-state index contributed by atoms with van der Waals surface area (Å²) < 4.78 is 29.2. The molecule has 5 rings (SSSR count). The second-order valence-electron chi connectivity index (χ2n) is 8.62. The third-order valence-corrected chi connectivity index (χ3v) is 8.29. The van der Waals surface area contributed by atoms with Gasteiger partial charge in [0.2, 0.25) is 16.0 Å². The third kappa shape index (κ3) is 6.09. The van der Waals surface area contributed by atoms with Gasteiger partial charge < -0.3 is 26.4 Å². The molecule has 0 radical (unpaired) electrons. The molecule has 0 spiro atoms. The Balaban J connectivity index is 1.33. The topological polar surface area (TPSA) is 158 Å². The molecule has 1 saturated heterocycles. The molecule has 1 aliphatic heterocycles. The summed E-state index contributed by atoms with van der Waals surface area (Å²) >= 11 is 1.45. The van der Waals surface area contributed by atoms with Gasteiger partial charge in [-0.05, 0) is 35.9 Å². The van der Waals surface area contributed by atoms with Crippen LogP contribution in [0.2, 0.25) is 0 Å². The van der Waals surface area contributed by atoms with E-state index in [4.69, 9.17) is 10.8 Å². The Morgan fingerprint density at radius 2 is 1.84 bits per heavy atom. The second kappa shape index (κ2) is 11.4. The van der Waals surface area contributed by atoms with E-state index in [1.807, 2.05) is 35.3 Å². The third-order valence-electron chi connectivity index (χ3n) is 5.94. The van der Waals surface area contributed by atoms with Crippen molar-refractivity contribution in [3.63, 3.8) is 0 Å². The first-order valence-electron chi connectivity index (χ1n) is 12.0. The van der Waals surface area contributed by atoms with Crippen LogP contribution >= 0.6 is 11.3 Å². The molecule has 1 aliphatic rings. The van der Waals surface area contributed by atoms with Crippen LogP contribution in [0.4, 0.5) is 22.5 Å². The maximum Gasteiger partial charge on any atom is 0.242 e. The molecule has 3 heterocycles. The van der Waals surface area contributed by atoms with E-state index in [0.29, 0.717) is 35.5 Å². The van der Waals surface area contributed by atoms with Crippen LogP contribution < -0.4 is 26.0 Å². The lowest BCUT2D eigenvalue weighted by molar-refractivity contribution is 0.301. The van der Waals surface area contributed by atoms with Crippen molar-refractivity contribution in [2.45, 2.75) is 4.90 Å². The van der Waals surface area contributed by atoms with E-state index in [1.54, 1.807) is 30.6 Å². The van der Waals surface area contributed by atoms with Gasteiger partial charge in [-0.1, -0.05) is 29.6 Å². The molecule has 0 unspecified atom stereocenters. The number of thiazole rings is 1. The number of nitrogens with two attached hydrogens (primary N) is 1. The summed E-state index contributed by atoms with van der Waals surface area (Å²) in [6.07, 6.45) is 7.33. The molecule has 0 amide bonds. The van der Waals surface area contributed by atoms with Gasteiger partial charge in [0.05, 0.1) is 22.5 Å². The van der Waals surface area contributed by atoms with Gasteiger partial charge in [-0.15, -0.1) is 0 Å². The summed E-state index contributed by atoms with van der Waals surface area (Å²) in [5.74, 6) is 0.393. The van der Waals surface area contributed by atoms with Crippen molar-refractivity contribution >= 4 is 66.2 Å². The van der Waals surface area contributed by atoms with Crippen molar-refractivity contribution in [2.24, 2.45) is 0 Å². The fraction of sp³-hybridized carbons (Fsp3) is 0.240.